The minimum atomic E-state index is -0.376. The summed E-state index contributed by atoms with van der Waals surface area (Å²) in [5.41, 5.74) is 1.01. The van der Waals surface area contributed by atoms with Crippen molar-refractivity contribution in [3.63, 3.8) is 0 Å². The molecule has 0 amide bonds. The van der Waals surface area contributed by atoms with Gasteiger partial charge in [-0.25, -0.2) is 0 Å². The minimum absolute atomic E-state index is 0.0288. The Balaban J connectivity index is 0.000000224. The number of ketones is 2. The highest BCUT2D eigenvalue weighted by Crippen LogP contribution is 2.12. The lowest BCUT2D eigenvalue weighted by Gasteiger charge is -2.21. The molecule has 1 atom stereocenters. The molecule has 0 spiro atoms. The van der Waals surface area contributed by atoms with Crippen molar-refractivity contribution >= 4 is 18.0 Å². The zero-order chi connectivity index (χ0) is 16.4. The van der Waals surface area contributed by atoms with E-state index >= 15 is 0 Å². The van der Waals surface area contributed by atoms with Crippen molar-refractivity contribution < 1.29 is 19.1 Å². The molecular formula is C17H23NO4. The number of carbonyl (C=O) groups excluding carboxylic acids is 3. The van der Waals surface area contributed by atoms with E-state index in [0.29, 0.717) is 26.0 Å². The first-order valence-electron chi connectivity index (χ1n) is 7.42. The minimum Gasteiger partial charge on any atom is -0.463 e. The highest BCUT2D eigenvalue weighted by molar-refractivity contribution is 6.03. The molecule has 1 unspecified atom stereocenters. The zero-order valence-corrected chi connectivity index (χ0v) is 13.1. The van der Waals surface area contributed by atoms with E-state index in [0.717, 1.165) is 12.1 Å². The van der Waals surface area contributed by atoms with Gasteiger partial charge in [-0.3, -0.25) is 14.4 Å². The Morgan fingerprint density at radius 3 is 2.59 bits per heavy atom. The van der Waals surface area contributed by atoms with E-state index in [9.17, 15) is 14.4 Å². The van der Waals surface area contributed by atoms with Crippen molar-refractivity contribution in [1.82, 2.24) is 5.32 Å². The second-order valence-electron chi connectivity index (χ2n) is 5.42. The summed E-state index contributed by atoms with van der Waals surface area (Å²) in [4.78, 5) is 32.5. The molecule has 120 valence electrons. The van der Waals surface area contributed by atoms with Crippen molar-refractivity contribution in [2.45, 2.75) is 26.9 Å². The molecule has 0 bridgehead atoms. The third-order valence-corrected chi connectivity index (χ3v) is 3.36. The predicted octanol–water partition coefficient (Wildman–Crippen LogP) is 1.75. The number of hydrogen-bond acceptors (Lipinski definition) is 5. The summed E-state index contributed by atoms with van der Waals surface area (Å²) in [6.07, 6.45) is 0.503. The summed E-state index contributed by atoms with van der Waals surface area (Å²) in [6, 6.07) is 9.55. The van der Waals surface area contributed by atoms with Gasteiger partial charge in [0.15, 0.2) is 0 Å². The van der Waals surface area contributed by atoms with Gasteiger partial charge in [0, 0.05) is 25.4 Å². The zero-order valence-electron chi connectivity index (χ0n) is 13.1. The maximum absolute atomic E-state index is 11.4. The Morgan fingerprint density at radius 1 is 1.36 bits per heavy atom. The Hall–Kier alpha value is -2.01. The van der Waals surface area contributed by atoms with Crippen LogP contribution in [0.5, 0.6) is 0 Å². The number of nitrogens with one attached hydrogen (secondary N) is 1. The third-order valence-electron chi connectivity index (χ3n) is 3.36. The van der Waals surface area contributed by atoms with Crippen LogP contribution in [0.4, 0.5) is 0 Å². The molecular weight excluding hydrogens is 282 g/mol. The number of rotatable bonds is 5. The smallest absolute Gasteiger partial charge is 0.293 e. The van der Waals surface area contributed by atoms with Gasteiger partial charge >= 0.3 is 0 Å². The molecule has 5 nitrogen and oxygen atoms in total. The highest BCUT2D eigenvalue weighted by Gasteiger charge is 2.29. The third kappa shape index (κ3) is 6.18. The van der Waals surface area contributed by atoms with Gasteiger partial charge in [0.1, 0.15) is 18.2 Å². The van der Waals surface area contributed by atoms with Gasteiger partial charge in [0.2, 0.25) is 0 Å². The molecule has 1 aliphatic heterocycles. The second-order valence-corrected chi connectivity index (χ2v) is 5.42. The molecule has 0 aromatic heterocycles. The van der Waals surface area contributed by atoms with Crippen LogP contribution in [0.1, 0.15) is 25.8 Å². The van der Waals surface area contributed by atoms with Crippen molar-refractivity contribution in [3.8, 4) is 0 Å². The highest BCUT2D eigenvalue weighted by atomic mass is 16.5. The SMILES string of the molecule is CC(C)C(=O)C1CNCCC1=O.O=COCc1ccccc1. The fraction of sp³-hybridized carbons (Fsp3) is 0.471. The van der Waals surface area contributed by atoms with Gasteiger partial charge in [0.05, 0.1) is 5.92 Å². The molecule has 1 aliphatic rings. The van der Waals surface area contributed by atoms with Gasteiger partial charge in [-0.2, -0.15) is 0 Å². The predicted molar refractivity (Wildman–Crippen MR) is 83.1 cm³/mol. The van der Waals surface area contributed by atoms with Gasteiger partial charge in [0.25, 0.3) is 6.47 Å². The van der Waals surface area contributed by atoms with Crippen molar-refractivity contribution in [3.05, 3.63) is 35.9 Å². The summed E-state index contributed by atoms with van der Waals surface area (Å²) < 4.78 is 4.54. The normalized spacial score (nSPS) is 17.4. The molecule has 1 saturated heterocycles. The topological polar surface area (TPSA) is 72.5 Å². The molecule has 1 aromatic carbocycles. The van der Waals surface area contributed by atoms with Crippen LogP contribution in [-0.2, 0) is 25.7 Å². The standard InChI is InChI=1S/C9H15NO2.C8H8O2/c1-6(2)9(12)7-5-10-4-3-8(7)11;9-7-10-6-8-4-2-1-3-5-8/h6-7,10H,3-5H2,1-2H3;1-5,7H,6H2. The summed E-state index contributed by atoms with van der Waals surface area (Å²) >= 11 is 0. The van der Waals surface area contributed by atoms with Crippen LogP contribution in [0, 0.1) is 11.8 Å². The molecule has 1 heterocycles. The molecule has 0 radical (unpaired) electrons. The lowest BCUT2D eigenvalue weighted by Crippen LogP contribution is -2.42. The molecule has 22 heavy (non-hydrogen) atoms. The Labute approximate surface area is 131 Å². The van der Waals surface area contributed by atoms with Crippen LogP contribution in [0.2, 0.25) is 0 Å². The molecule has 0 aliphatic carbocycles. The second kappa shape index (κ2) is 9.84. The molecule has 0 saturated carbocycles. The van der Waals surface area contributed by atoms with Crippen LogP contribution in [-0.4, -0.2) is 31.1 Å². The Morgan fingerprint density at radius 2 is 2.05 bits per heavy atom. The first-order valence-corrected chi connectivity index (χ1v) is 7.42. The largest absolute Gasteiger partial charge is 0.463 e. The summed E-state index contributed by atoms with van der Waals surface area (Å²) in [6.45, 7) is 5.75. The van der Waals surface area contributed by atoms with Gasteiger partial charge in [-0.05, 0) is 5.56 Å². The Bertz CT molecular complexity index is 485. The number of ether oxygens (including phenoxy) is 1. The van der Waals surface area contributed by atoms with Crippen LogP contribution in [0.15, 0.2) is 30.3 Å². The molecule has 1 aromatic rings. The van der Waals surface area contributed by atoms with Crippen LogP contribution in [0.25, 0.3) is 0 Å². The van der Waals surface area contributed by atoms with Gasteiger partial charge in [-0.15, -0.1) is 0 Å². The summed E-state index contributed by atoms with van der Waals surface area (Å²) in [5.74, 6) is -0.225. The molecule has 2 rings (SSSR count). The monoisotopic (exact) mass is 305 g/mol. The van der Waals surface area contributed by atoms with Crippen molar-refractivity contribution in [2.24, 2.45) is 11.8 Å². The lowest BCUT2D eigenvalue weighted by molar-refractivity contribution is -0.135. The van der Waals surface area contributed by atoms with E-state index in [4.69, 9.17) is 0 Å². The average Bonchev–Trinajstić information content (AvgIpc) is 2.54. The van der Waals surface area contributed by atoms with E-state index < -0.39 is 0 Å². The molecule has 1 N–H and O–H groups in total. The lowest BCUT2D eigenvalue weighted by atomic mass is 9.88. The molecule has 5 heteroatoms. The number of piperidine rings is 1. The van der Waals surface area contributed by atoms with E-state index in [1.807, 2.05) is 44.2 Å². The fourth-order valence-electron chi connectivity index (χ4n) is 2.11. The van der Waals surface area contributed by atoms with Gasteiger partial charge in [-0.1, -0.05) is 44.2 Å². The van der Waals surface area contributed by atoms with E-state index in [2.05, 4.69) is 10.1 Å². The van der Waals surface area contributed by atoms with Crippen LogP contribution in [0.3, 0.4) is 0 Å². The summed E-state index contributed by atoms with van der Waals surface area (Å²) in [5, 5.41) is 3.06. The fourth-order valence-corrected chi connectivity index (χ4v) is 2.11. The van der Waals surface area contributed by atoms with Crippen molar-refractivity contribution in [2.75, 3.05) is 13.1 Å². The molecule has 1 fully saturated rings. The van der Waals surface area contributed by atoms with E-state index in [1.165, 1.54) is 0 Å². The van der Waals surface area contributed by atoms with E-state index in [1.54, 1.807) is 0 Å². The van der Waals surface area contributed by atoms with Crippen LogP contribution < -0.4 is 5.32 Å². The number of benzene rings is 1. The quantitative estimate of drug-likeness (QED) is 0.663. The maximum Gasteiger partial charge on any atom is 0.293 e. The Kier molecular flexibility index (Phi) is 8.07. The van der Waals surface area contributed by atoms with Crippen molar-refractivity contribution in [1.29, 1.82) is 0 Å². The summed E-state index contributed by atoms with van der Waals surface area (Å²) in [7, 11) is 0. The number of carbonyl (C=O) groups is 3. The number of Topliss-reactive ketones (excluding diaryl/α,β-unsaturated/α-hetero) is 2. The van der Waals surface area contributed by atoms with Crippen LogP contribution >= 0.6 is 0 Å². The average molecular weight is 305 g/mol. The van der Waals surface area contributed by atoms with Gasteiger partial charge < -0.3 is 10.1 Å². The number of hydrogen-bond donors (Lipinski definition) is 1. The van der Waals surface area contributed by atoms with E-state index in [-0.39, 0.29) is 23.4 Å². The first kappa shape index (κ1) is 18.0. The first-order chi connectivity index (χ1) is 10.6. The maximum atomic E-state index is 11.4.